The van der Waals surface area contributed by atoms with Gasteiger partial charge in [-0.15, -0.1) is 0 Å². The third kappa shape index (κ3) is 2.06. The first-order valence-electron chi connectivity index (χ1n) is 4.43. The Morgan fingerprint density at radius 3 is 2.31 bits per heavy atom. The van der Waals surface area contributed by atoms with E-state index in [1.54, 1.807) is 0 Å². The highest BCUT2D eigenvalue weighted by molar-refractivity contribution is 5.54. The van der Waals surface area contributed by atoms with E-state index in [1.165, 1.54) is 13.2 Å². The van der Waals surface area contributed by atoms with Crippen LogP contribution in [-0.4, -0.2) is 18.4 Å². The Hall–Kier alpha value is -1.43. The van der Waals surface area contributed by atoms with E-state index in [0.29, 0.717) is 6.92 Å². The first kappa shape index (κ1) is 12.6. The van der Waals surface area contributed by atoms with Crippen molar-refractivity contribution in [2.75, 3.05) is 12.8 Å². The number of benzene rings is 1. The molecule has 0 saturated carbocycles. The molecule has 6 heteroatoms. The molecular formula is C10H12F3NO2. The fourth-order valence-electron chi connectivity index (χ4n) is 1.18. The van der Waals surface area contributed by atoms with Crippen LogP contribution in [0.1, 0.15) is 12.5 Å². The SMILES string of the molecule is COc1cc(C(C)(O)C(F)(F)F)ccc1N. The van der Waals surface area contributed by atoms with Crippen molar-refractivity contribution >= 4 is 5.69 Å². The highest BCUT2D eigenvalue weighted by atomic mass is 19.4. The van der Waals surface area contributed by atoms with E-state index in [4.69, 9.17) is 10.5 Å². The Kier molecular flexibility index (Phi) is 3.05. The standard InChI is InChI=1S/C10H12F3NO2/c1-9(15,10(11,12)13)6-3-4-7(14)8(5-6)16-2/h3-5,15H,14H2,1-2H3. The molecule has 0 heterocycles. The van der Waals surface area contributed by atoms with Crippen molar-refractivity contribution in [1.29, 1.82) is 0 Å². The van der Waals surface area contributed by atoms with Crippen molar-refractivity contribution in [3.8, 4) is 5.75 Å². The van der Waals surface area contributed by atoms with Crippen LogP contribution in [0, 0.1) is 0 Å². The van der Waals surface area contributed by atoms with E-state index in [9.17, 15) is 18.3 Å². The number of rotatable bonds is 2. The minimum atomic E-state index is -4.76. The lowest BCUT2D eigenvalue weighted by molar-refractivity contribution is -0.258. The molecule has 1 atom stereocenters. The van der Waals surface area contributed by atoms with Crippen LogP contribution < -0.4 is 10.5 Å². The molecule has 0 aliphatic rings. The summed E-state index contributed by atoms with van der Waals surface area (Å²) in [5.74, 6) is 0.0991. The molecule has 1 aromatic rings. The zero-order valence-corrected chi connectivity index (χ0v) is 8.80. The Morgan fingerprint density at radius 2 is 1.88 bits per heavy atom. The molecule has 1 aromatic carbocycles. The Morgan fingerprint density at radius 1 is 1.31 bits per heavy atom. The van der Waals surface area contributed by atoms with Crippen molar-refractivity contribution in [2.45, 2.75) is 18.7 Å². The second-order valence-corrected chi connectivity index (χ2v) is 3.53. The van der Waals surface area contributed by atoms with Crippen molar-refractivity contribution in [1.82, 2.24) is 0 Å². The molecule has 1 rings (SSSR count). The fraction of sp³-hybridized carbons (Fsp3) is 0.400. The lowest BCUT2D eigenvalue weighted by Gasteiger charge is -2.27. The molecule has 0 aliphatic carbocycles. The zero-order chi connectivity index (χ0) is 12.6. The maximum Gasteiger partial charge on any atom is 0.421 e. The van der Waals surface area contributed by atoms with Gasteiger partial charge in [0.05, 0.1) is 12.8 Å². The van der Waals surface area contributed by atoms with Gasteiger partial charge in [0.2, 0.25) is 0 Å². The van der Waals surface area contributed by atoms with Crippen molar-refractivity contribution in [2.24, 2.45) is 0 Å². The molecule has 90 valence electrons. The highest BCUT2D eigenvalue weighted by Gasteiger charge is 2.51. The first-order valence-corrected chi connectivity index (χ1v) is 4.43. The summed E-state index contributed by atoms with van der Waals surface area (Å²) in [5, 5.41) is 9.41. The smallest absolute Gasteiger partial charge is 0.421 e. The van der Waals surface area contributed by atoms with Gasteiger partial charge in [-0.05, 0) is 24.6 Å². The first-order chi connectivity index (χ1) is 7.20. The summed E-state index contributed by atoms with van der Waals surface area (Å²) in [6.45, 7) is 0.679. The molecular weight excluding hydrogens is 223 g/mol. The summed E-state index contributed by atoms with van der Waals surface area (Å²) in [6.07, 6.45) is -4.76. The maximum atomic E-state index is 12.5. The van der Waals surface area contributed by atoms with Crippen LogP contribution in [-0.2, 0) is 5.60 Å². The van der Waals surface area contributed by atoms with E-state index in [-0.39, 0.29) is 17.0 Å². The Bertz CT molecular complexity index is 388. The molecule has 3 nitrogen and oxygen atoms in total. The van der Waals surface area contributed by atoms with Crippen LogP contribution in [0.3, 0.4) is 0 Å². The third-order valence-corrected chi connectivity index (χ3v) is 2.35. The number of alkyl halides is 3. The molecule has 0 amide bonds. The van der Waals surface area contributed by atoms with Crippen molar-refractivity contribution in [3.05, 3.63) is 23.8 Å². The predicted octanol–water partition coefficient (Wildman–Crippen LogP) is 2.05. The van der Waals surface area contributed by atoms with Crippen LogP contribution in [0.5, 0.6) is 5.75 Å². The fourth-order valence-corrected chi connectivity index (χ4v) is 1.18. The van der Waals surface area contributed by atoms with Crippen LogP contribution in [0.4, 0.5) is 18.9 Å². The number of nitrogen functional groups attached to an aromatic ring is 1. The van der Waals surface area contributed by atoms with Gasteiger partial charge in [-0.25, -0.2) is 0 Å². The van der Waals surface area contributed by atoms with Crippen LogP contribution in [0.25, 0.3) is 0 Å². The van der Waals surface area contributed by atoms with Gasteiger partial charge < -0.3 is 15.6 Å². The maximum absolute atomic E-state index is 12.5. The number of halogens is 3. The molecule has 0 saturated heterocycles. The molecule has 3 N–H and O–H groups in total. The predicted molar refractivity (Wildman–Crippen MR) is 53.0 cm³/mol. The van der Waals surface area contributed by atoms with E-state index >= 15 is 0 Å². The number of ether oxygens (including phenoxy) is 1. The van der Waals surface area contributed by atoms with Gasteiger partial charge in [0.25, 0.3) is 0 Å². The minimum absolute atomic E-state index is 0.0991. The third-order valence-electron chi connectivity index (χ3n) is 2.35. The lowest BCUT2D eigenvalue weighted by Crippen LogP contribution is -2.39. The monoisotopic (exact) mass is 235 g/mol. The van der Waals surface area contributed by atoms with Gasteiger partial charge in [0.15, 0.2) is 5.60 Å². The van der Waals surface area contributed by atoms with Crippen molar-refractivity contribution in [3.63, 3.8) is 0 Å². The number of hydrogen-bond acceptors (Lipinski definition) is 3. The zero-order valence-electron chi connectivity index (χ0n) is 8.80. The normalized spacial score (nSPS) is 15.6. The average molecular weight is 235 g/mol. The highest BCUT2D eigenvalue weighted by Crippen LogP contribution is 2.40. The second-order valence-electron chi connectivity index (χ2n) is 3.53. The Labute approximate surface area is 90.6 Å². The van der Waals surface area contributed by atoms with E-state index in [1.807, 2.05) is 0 Å². The topological polar surface area (TPSA) is 55.5 Å². The Balaban J connectivity index is 3.24. The van der Waals surface area contributed by atoms with Gasteiger partial charge >= 0.3 is 6.18 Å². The average Bonchev–Trinajstić information content (AvgIpc) is 2.16. The molecule has 0 aromatic heterocycles. The molecule has 16 heavy (non-hydrogen) atoms. The number of hydrogen-bond donors (Lipinski definition) is 2. The summed E-state index contributed by atoms with van der Waals surface area (Å²) >= 11 is 0. The summed E-state index contributed by atoms with van der Waals surface area (Å²) < 4.78 is 42.4. The van der Waals surface area contributed by atoms with E-state index < -0.39 is 11.8 Å². The summed E-state index contributed by atoms with van der Waals surface area (Å²) in [7, 11) is 1.29. The quantitative estimate of drug-likeness (QED) is 0.771. The molecule has 0 spiro atoms. The number of anilines is 1. The summed E-state index contributed by atoms with van der Waals surface area (Å²) in [5.41, 5.74) is 2.44. The largest absolute Gasteiger partial charge is 0.495 e. The van der Waals surface area contributed by atoms with Gasteiger partial charge in [-0.3, -0.25) is 0 Å². The van der Waals surface area contributed by atoms with Gasteiger partial charge in [-0.2, -0.15) is 13.2 Å². The second kappa shape index (κ2) is 3.86. The van der Waals surface area contributed by atoms with Crippen LogP contribution >= 0.6 is 0 Å². The molecule has 1 unspecified atom stereocenters. The molecule has 0 aliphatic heterocycles. The van der Waals surface area contributed by atoms with Gasteiger partial charge in [0, 0.05) is 0 Å². The van der Waals surface area contributed by atoms with Crippen LogP contribution in [0.15, 0.2) is 18.2 Å². The van der Waals surface area contributed by atoms with Crippen LogP contribution in [0.2, 0.25) is 0 Å². The van der Waals surface area contributed by atoms with E-state index in [2.05, 4.69) is 0 Å². The van der Waals surface area contributed by atoms with Crippen molar-refractivity contribution < 1.29 is 23.0 Å². The number of aliphatic hydroxyl groups is 1. The summed E-state index contributed by atoms with van der Waals surface area (Å²) in [6, 6.07) is 3.45. The summed E-state index contributed by atoms with van der Waals surface area (Å²) in [4.78, 5) is 0. The lowest BCUT2D eigenvalue weighted by atomic mass is 9.95. The van der Waals surface area contributed by atoms with E-state index in [0.717, 1.165) is 12.1 Å². The molecule has 0 fully saturated rings. The number of nitrogens with two attached hydrogens (primary N) is 1. The minimum Gasteiger partial charge on any atom is -0.495 e. The van der Waals surface area contributed by atoms with Gasteiger partial charge in [-0.1, -0.05) is 6.07 Å². The van der Waals surface area contributed by atoms with Gasteiger partial charge in [0.1, 0.15) is 5.75 Å². The molecule has 0 bridgehead atoms. The number of methoxy groups -OCH3 is 1. The molecule has 0 radical (unpaired) electrons.